The number of esters is 1. The third-order valence-corrected chi connectivity index (χ3v) is 4.78. The number of ether oxygens (including phenoxy) is 1. The molecule has 0 unspecified atom stereocenters. The molecule has 106 valence electrons. The van der Waals surface area contributed by atoms with Crippen molar-refractivity contribution in [3.05, 3.63) is 23.7 Å². The number of nitrogens with zero attached hydrogens (tertiary/aromatic N) is 2. The van der Waals surface area contributed by atoms with Gasteiger partial charge in [-0.15, -0.1) is 10.2 Å². The molecule has 1 N–H and O–H groups in total. The van der Waals surface area contributed by atoms with Crippen LogP contribution in [0.2, 0.25) is 0 Å². The minimum atomic E-state index is -0.386. The van der Waals surface area contributed by atoms with Gasteiger partial charge in [-0.1, -0.05) is 23.1 Å². The van der Waals surface area contributed by atoms with Crippen LogP contribution in [0.25, 0.3) is 0 Å². The van der Waals surface area contributed by atoms with E-state index >= 15 is 0 Å². The molecule has 1 aliphatic rings. The van der Waals surface area contributed by atoms with Crippen LogP contribution in [0.5, 0.6) is 0 Å². The van der Waals surface area contributed by atoms with E-state index in [9.17, 15) is 4.79 Å². The van der Waals surface area contributed by atoms with Gasteiger partial charge in [0.15, 0.2) is 4.34 Å². The Labute approximate surface area is 123 Å². The predicted molar refractivity (Wildman–Crippen MR) is 76.2 cm³/mol. The van der Waals surface area contributed by atoms with Gasteiger partial charge in [-0.3, -0.25) is 0 Å². The van der Waals surface area contributed by atoms with Crippen LogP contribution in [0.15, 0.2) is 21.1 Å². The molecule has 0 bridgehead atoms. The number of rotatable bonds is 6. The van der Waals surface area contributed by atoms with Crippen LogP contribution < -0.4 is 5.32 Å². The summed E-state index contributed by atoms with van der Waals surface area (Å²) in [6, 6.07) is 2.18. The molecule has 0 atom stereocenters. The summed E-state index contributed by atoms with van der Waals surface area (Å²) in [5.41, 5.74) is 0.459. The highest BCUT2D eigenvalue weighted by atomic mass is 32.2. The van der Waals surface area contributed by atoms with E-state index in [2.05, 4.69) is 15.5 Å². The van der Waals surface area contributed by atoms with Crippen LogP contribution in [0.3, 0.4) is 0 Å². The molecule has 2 aromatic rings. The zero-order chi connectivity index (χ0) is 13.9. The van der Waals surface area contributed by atoms with Crippen molar-refractivity contribution in [2.75, 3.05) is 12.4 Å². The summed E-state index contributed by atoms with van der Waals surface area (Å²) in [6.07, 6.45) is 3.90. The monoisotopic (exact) mass is 311 g/mol. The van der Waals surface area contributed by atoms with Crippen LogP contribution in [0.4, 0.5) is 5.13 Å². The van der Waals surface area contributed by atoms with Gasteiger partial charge in [0.1, 0.15) is 11.3 Å². The first-order valence-corrected chi connectivity index (χ1v) is 7.94. The Kier molecular flexibility index (Phi) is 3.93. The Hall–Kier alpha value is -1.54. The van der Waals surface area contributed by atoms with Crippen LogP contribution in [0.1, 0.15) is 29.0 Å². The maximum Gasteiger partial charge on any atom is 0.341 e. The van der Waals surface area contributed by atoms with Crippen molar-refractivity contribution in [3.8, 4) is 0 Å². The molecule has 0 radical (unpaired) electrons. The van der Waals surface area contributed by atoms with E-state index in [0.717, 1.165) is 9.47 Å². The Bertz CT molecular complexity index is 607. The first-order chi connectivity index (χ1) is 9.76. The molecular formula is C12H13N3O3S2. The second kappa shape index (κ2) is 5.84. The van der Waals surface area contributed by atoms with Crippen LogP contribution in [-0.2, 0) is 10.5 Å². The third-order valence-electron chi connectivity index (χ3n) is 2.79. The SMILES string of the molecule is COC(=O)c1ccoc1CSc1nnc(NC2CC2)s1. The van der Waals surface area contributed by atoms with E-state index in [1.54, 1.807) is 6.07 Å². The molecule has 0 saturated heterocycles. The summed E-state index contributed by atoms with van der Waals surface area (Å²) in [5, 5.41) is 12.3. The molecule has 0 amide bonds. The molecule has 0 aromatic carbocycles. The Morgan fingerprint density at radius 3 is 3.20 bits per heavy atom. The van der Waals surface area contributed by atoms with Crippen molar-refractivity contribution in [3.63, 3.8) is 0 Å². The number of methoxy groups -OCH3 is 1. The molecule has 8 heteroatoms. The second-order valence-electron chi connectivity index (χ2n) is 4.33. The lowest BCUT2D eigenvalue weighted by atomic mass is 10.3. The molecule has 1 aliphatic carbocycles. The number of hydrogen-bond donors (Lipinski definition) is 1. The van der Waals surface area contributed by atoms with Crippen molar-refractivity contribution < 1.29 is 13.9 Å². The van der Waals surface area contributed by atoms with Gasteiger partial charge in [-0.2, -0.15) is 0 Å². The predicted octanol–water partition coefficient (Wildman–Crippen LogP) is 2.78. The normalized spacial score (nSPS) is 14.2. The number of thioether (sulfide) groups is 1. The van der Waals surface area contributed by atoms with Crippen molar-refractivity contribution in [1.29, 1.82) is 0 Å². The van der Waals surface area contributed by atoms with Crippen LogP contribution >= 0.6 is 23.1 Å². The maximum atomic E-state index is 11.5. The molecule has 20 heavy (non-hydrogen) atoms. The summed E-state index contributed by atoms with van der Waals surface area (Å²) in [7, 11) is 1.35. The number of hydrogen-bond acceptors (Lipinski definition) is 8. The molecule has 2 aromatic heterocycles. The number of nitrogens with one attached hydrogen (secondary N) is 1. The number of carbonyl (C=O) groups is 1. The number of furan rings is 1. The average molecular weight is 311 g/mol. The number of anilines is 1. The standard InChI is InChI=1S/C12H13N3O3S2/c1-17-10(16)8-4-5-18-9(8)6-19-12-15-14-11(20-12)13-7-2-3-7/h4-5,7H,2-3,6H2,1H3,(H,13,14). The van der Waals surface area contributed by atoms with Gasteiger partial charge >= 0.3 is 5.97 Å². The zero-order valence-corrected chi connectivity index (χ0v) is 12.4. The van der Waals surface area contributed by atoms with Crippen molar-refractivity contribution in [2.24, 2.45) is 0 Å². The van der Waals surface area contributed by atoms with Crippen molar-refractivity contribution in [1.82, 2.24) is 10.2 Å². The summed E-state index contributed by atoms with van der Waals surface area (Å²) in [5.74, 6) is 0.728. The van der Waals surface area contributed by atoms with Crippen molar-refractivity contribution in [2.45, 2.75) is 29.0 Å². The van der Waals surface area contributed by atoms with Gasteiger partial charge in [-0.05, 0) is 18.9 Å². The van der Waals surface area contributed by atoms with Gasteiger partial charge in [-0.25, -0.2) is 4.79 Å². The fourth-order valence-electron chi connectivity index (χ4n) is 1.60. The van der Waals surface area contributed by atoms with E-state index in [1.165, 1.54) is 49.3 Å². The lowest BCUT2D eigenvalue weighted by molar-refractivity contribution is 0.0598. The minimum Gasteiger partial charge on any atom is -0.468 e. The van der Waals surface area contributed by atoms with E-state index in [1.807, 2.05) is 0 Å². The number of carbonyl (C=O) groups excluding carboxylic acids is 1. The quantitative estimate of drug-likeness (QED) is 0.649. The molecule has 1 saturated carbocycles. The number of aromatic nitrogens is 2. The zero-order valence-electron chi connectivity index (χ0n) is 10.8. The summed E-state index contributed by atoms with van der Waals surface area (Å²) in [4.78, 5) is 11.5. The Morgan fingerprint density at radius 2 is 2.45 bits per heavy atom. The van der Waals surface area contributed by atoms with E-state index in [-0.39, 0.29) is 5.97 Å². The smallest absolute Gasteiger partial charge is 0.341 e. The largest absolute Gasteiger partial charge is 0.468 e. The average Bonchev–Trinajstić information content (AvgIpc) is 2.97. The topological polar surface area (TPSA) is 77.2 Å². The second-order valence-corrected chi connectivity index (χ2v) is 6.53. The maximum absolute atomic E-state index is 11.5. The van der Waals surface area contributed by atoms with Gasteiger partial charge in [0.05, 0.1) is 19.1 Å². The fraction of sp³-hybridized carbons (Fsp3) is 0.417. The Balaban J connectivity index is 1.59. The molecule has 2 heterocycles. The highest BCUT2D eigenvalue weighted by molar-refractivity contribution is 8.00. The van der Waals surface area contributed by atoms with E-state index in [4.69, 9.17) is 9.15 Å². The van der Waals surface area contributed by atoms with Gasteiger partial charge < -0.3 is 14.5 Å². The summed E-state index contributed by atoms with van der Waals surface area (Å²) in [6.45, 7) is 0. The minimum absolute atomic E-state index is 0.386. The first-order valence-electron chi connectivity index (χ1n) is 6.14. The van der Waals surface area contributed by atoms with Crippen LogP contribution in [0, 0.1) is 0 Å². The molecule has 3 rings (SSSR count). The van der Waals surface area contributed by atoms with Gasteiger partial charge in [0.25, 0.3) is 0 Å². The molecule has 6 nitrogen and oxygen atoms in total. The van der Waals surface area contributed by atoms with E-state index < -0.39 is 0 Å². The van der Waals surface area contributed by atoms with E-state index in [0.29, 0.717) is 23.1 Å². The third kappa shape index (κ3) is 3.13. The molecular weight excluding hydrogens is 298 g/mol. The van der Waals surface area contributed by atoms with Gasteiger partial charge in [0.2, 0.25) is 5.13 Å². The van der Waals surface area contributed by atoms with Gasteiger partial charge in [0, 0.05) is 6.04 Å². The lowest BCUT2D eigenvalue weighted by Gasteiger charge is -1.99. The molecule has 0 spiro atoms. The molecule has 1 fully saturated rings. The summed E-state index contributed by atoms with van der Waals surface area (Å²) >= 11 is 3.01. The van der Waals surface area contributed by atoms with Crippen molar-refractivity contribution >= 4 is 34.2 Å². The summed E-state index contributed by atoms with van der Waals surface area (Å²) < 4.78 is 10.9. The highest BCUT2D eigenvalue weighted by Crippen LogP contribution is 2.32. The fourth-order valence-corrected chi connectivity index (χ4v) is 3.38. The first kappa shape index (κ1) is 13.4. The Morgan fingerprint density at radius 1 is 1.60 bits per heavy atom. The highest BCUT2D eigenvalue weighted by Gasteiger charge is 2.22. The molecule has 0 aliphatic heterocycles. The van der Waals surface area contributed by atoms with Crippen LogP contribution in [-0.4, -0.2) is 29.3 Å². The lowest BCUT2D eigenvalue weighted by Crippen LogP contribution is -2.02.